The molecule has 0 aliphatic heterocycles. The van der Waals surface area contributed by atoms with E-state index >= 15 is 0 Å². The van der Waals surface area contributed by atoms with Gasteiger partial charge in [0.05, 0.1) is 11.6 Å². The van der Waals surface area contributed by atoms with Gasteiger partial charge in [0.1, 0.15) is 0 Å². The summed E-state index contributed by atoms with van der Waals surface area (Å²) in [6.45, 7) is 9.48. The second kappa shape index (κ2) is 10.7. The first-order valence-electron chi connectivity index (χ1n) is 16.1. The van der Waals surface area contributed by atoms with Crippen LogP contribution in [0.2, 0.25) is 0 Å². The molecule has 226 valence electrons. The third kappa shape index (κ3) is 4.78. The van der Waals surface area contributed by atoms with Gasteiger partial charge in [-0.1, -0.05) is 125 Å². The Bertz CT molecular complexity index is 2320. The van der Waals surface area contributed by atoms with Crippen molar-refractivity contribution in [1.82, 2.24) is 15.0 Å². The lowest BCUT2D eigenvalue weighted by atomic mass is 9.81. The van der Waals surface area contributed by atoms with Crippen LogP contribution in [-0.4, -0.2) is 15.0 Å². The summed E-state index contributed by atoms with van der Waals surface area (Å²) in [5, 5.41) is 13.9. The van der Waals surface area contributed by atoms with Crippen molar-refractivity contribution in [3.63, 3.8) is 0 Å². The van der Waals surface area contributed by atoms with Gasteiger partial charge in [-0.25, -0.2) is 15.0 Å². The largest absolute Gasteiger partial charge is 0.208 e. The van der Waals surface area contributed by atoms with Gasteiger partial charge in [-0.3, -0.25) is 0 Å². The first kappa shape index (κ1) is 28.8. The molecule has 0 bridgehead atoms. The Morgan fingerprint density at radius 2 is 0.957 bits per heavy atom. The van der Waals surface area contributed by atoms with Gasteiger partial charge in [0, 0.05) is 16.7 Å². The number of hydrogen-bond acceptors (Lipinski definition) is 4. The molecule has 0 amide bonds. The molecule has 0 spiro atoms. The molecular formula is C43H34N4. The lowest BCUT2D eigenvalue weighted by molar-refractivity contribution is 0.403. The highest BCUT2D eigenvalue weighted by Crippen LogP contribution is 2.51. The van der Waals surface area contributed by atoms with Crippen LogP contribution in [-0.2, 0) is 10.8 Å². The van der Waals surface area contributed by atoms with Crippen LogP contribution in [0.3, 0.4) is 0 Å². The Balaban J connectivity index is 1.42. The molecule has 0 atom stereocenters. The number of hydrogen-bond donors (Lipinski definition) is 0. The molecule has 1 aliphatic carbocycles. The number of nitriles is 1. The van der Waals surface area contributed by atoms with E-state index in [2.05, 4.69) is 100 Å². The number of aromatic nitrogens is 3. The normalized spacial score (nSPS) is 14.6. The molecule has 47 heavy (non-hydrogen) atoms. The minimum Gasteiger partial charge on any atom is -0.208 e. The molecule has 0 radical (unpaired) electrons. The molecule has 0 N–H and O–H groups in total. The van der Waals surface area contributed by atoms with Crippen molar-refractivity contribution in [2.75, 3.05) is 0 Å². The van der Waals surface area contributed by atoms with Gasteiger partial charge in [-0.15, -0.1) is 0 Å². The van der Waals surface area contributed by atoms with Crippen molar-refractivity contribution in [2.24, 2.45) is 0 Å². The molecule has 4 nitrogen and oxygen atoms in total. The third-order valence-corrected chi connectivity index (χ3v) is 9.75. The van der Waals surface area contributed by atoms with Crippen molar-refractivity contribution in [3.05, 3.63) is 138 Å². The third-order valence-electron chi connectivity index (χ3n) is 9.75. The van der Waals surface area contributed by atoms with E-state index in [1.807, 2.05) is 42.5 Å². The summed E-state index contributed by atoms with van der Waals surface area (Å²) in [7, 11) is 0. The Morgan fingerprint density at radius 1 is 0.489 bits per heavy atom. The van der Waals surface area contributed by atoms with Crippen molar-refractivity contribution >= 4 is 21.5 Å². The second-order valence-electron chi connectivity index (χ2n) is 13.9. The van der Waals surface area contributed by atoms with E-state index in [1.165, 1.54) is 22.3 Å². The molecule has 4 heteroatoms. The molecule has 0 fully saturated rings. The highest BCUT2D eigenvalue weighted by molar-refractivity contribution is 6.20. The highest BCUT2D eigenvalue weighted by Gasteiger charge is 2.41. The highest BCUT2D eigenvalue weighted by atomic mass is 15.0. The maximum absolute atomic E-state index is 9.39. The number of nitrogens with zero attached hydrogens (tertiary/aromatic N) is 4. The topological polar surface area (TPSA) is 62.5 Å². The van der Waals surface area contributed by atoms with Gasteiger partial charge < -0.3 is 0 Å². The van der Waals surface area contributed by atoms with Gasteiger partial charge in [0.25, 0.3) is 0 Å². The molecule has 0 saturated carbocycles. The molecule has 7 aromatic rings. The average Bonchev–Trinajstić information content (AvgIpc) is 3.29. The van der Waals surface area contributed by atoms with E-state index in [-0.39, 0.29) is 10.8 Å². The fourth-order valence-electron chi connectivity index (χ4n) is 7.85. The standard InChI is InChI=1S/C43H34N4/c1-42(2)26-43(3,4)36-24-30(22-23-35(36)42)37-31-14-8-10-16-33(31)38(34-17-11-9-15-32(34)37)41-46-39(28-12-6-5-7-13-28)45-40(47-41)29-20-18-27(25-44)19-21-29/h5-24H,26H2,1-4H3. The quantitative estimate of drug-likeness (QED) is 0.187. The molecule has 1 aliphatic rings. The molecule has 1 heterocycles. The lowest BCUT2D eigenvalue weighted by Gasteiger charge is -2.22. The van der Waals surface area contributed by atoms with E-state index in [1.54, 1.807) is 12.1 Å². The van der Waals surface area contributed by atoms with Gasteiger partial charge in [0.2, 0.25) is 0 Å². The van der Waals surface area contributed by atoms with E-state index in [0.717, 1.165) is 44.7 Å². The average molecular weight is 607 g/mol. The number of benzene rings is 6. The van der Waals surface area contributed by atoms with Gasteiger partial charge >= 0.3 is 0 Å². The summed E-state index contributed by atoms with van der Waals surface area (Å²) in [4.78, 5) is 15.2. The zero-order chi connectivity index (χ0) is 32.3. The van der Waals surface area contributed by atoms with Crippen molar-refractivity contribution in [2.45, 2.75) is 44.9 Å². The first-order valence-corrected chi connectivity index (χ1v) is 16.1. The summed E-state index contributed by atoms with van der Waals surface area (Å²) >= 11 is 0. The first-order chi connectivity index (χ1) is 22.7. The summed E-state index contributed by atoms with van der Waals surface area (Å²) in [6, 6.07) is 44.1. The van der Waals surface area contributed by atoms with Crippen LogP contribution < -0.4 is 0 Å². The molecule has 6 aromatic carbocycles. The Morgan fingerprint density at radius 3 is 1.53 bits per heavy atom. The minimum absolute atomic E-state index is 0.0982. The predicted molar refractivity (Wildman–Crippen MR) is 192 cm³/mol. The maximum Gasteiger partial charge on any atom is 0.165 e. The maximum atomic E-state index is 9.39. The summed E-state index contributed by atoms with van der Waals surface area (Å²) in [5.74, 6) is 1.80. The van der Waals surface area contributed by atoms with E-state index < -0.39 is 0 Å². The lowest BCUT2D eigenvalue weighted by Crippen LogP contribution is -2.17. The van der Waals surface area contributed by atoms with Crippen molar-refractivity contribution < 1.29 is 0 Å². The van der Waals surface area contributed by atoms with Crippen molar-refractivity contribution in [1.29, 1.82) is 5.26 Å². The zero-order valence-corrected chi connectivity index (χ0v) is 27.0. The Labute approximate surface area is 275 Å². The molecular weight excluding hydrogens is 573 g/mol. The number of fused-ring (bicyclic) bond motifs is 3. The van der Waals surface area contributed by atoms with Crippen LogP contribution >= 0.6 is 0 Å². The Kier molecular flexibility index (Phi) is 6.56. The SMILES string of the molecule is CC1(C)CC(C)(C)c2cc(-c3c4ccccc4c(-c4nc(-c5ccccc5)nc(-c5ccc(C#N)cc5)n4)c4ccccc34)ccc21. The van der Waals surface area contributed by atoms with E-state index in [4.69, 9.17) is 15.0 Å². The second-order valence-corrected chi connectivity index (χ2v) is 13.9. The molecule has 8 rings (SSSR count). The zero-order valence-electron chi connectivity index (χ0n) is 27.0. The van der Waals surface area contributed by atoms with Crippen LogP contribution in [0, 0.1) is 11.3 Å². The predicted octanol–water partition coefficient (Wildman–Crippen LogP) is 10.7. The minimum atomic E-state index is 0.0982. The fraction of sp³-hybridized carbons (Fsp3) is 0.163. The summed E-state index contributed by atoms with van der Waals surface area (Å²) < 4.78 is 0. The van der Waals surface area contributed by atoms with Crippen LogP contribution in [0.25, 0.3) is 66.8 Å². The van der Waals surface area contributed by atoms with Crippen LogP contribution in [0.15, 0.2) is 121 Å². The molecule has 1 aromatic heterocycles. The summed E-state index contributed by atoms with van der Waals surface area (Å²) in [5.41, 5.74) is 8.92. The number of rotatable bonds is 4. The molecule has 0 saturated heterocycles. The molecule has 0 unspecified atom stereocenters. The van der Waals surface area contributed by atoms with Crippen LogP contribution in [0.5, 0.6) is 0 Å². The van der Waals surface area contributed by atoms with Gasteiger partial charge in [-0.05, 0) is 85.3 Å². The summed E-state index contributed by atoms with van der Waals surface area (Å²) in [6.07, 6.45) is 1.13. The van der Waals surface area contributed by atoms with Crippen LogP contribution in [0.4, 0.5) is 0 Å². The van der Waals surface area contributed by atoms with Crippen molar-refractivity contribution in [3.8, 4) is 51.4 Å². The van der Waals surface area contributed by atoms with Gasteiger partial charge in [0.15, 0.2) is 17.5 Å². The Hall–Kier alpha value is -5.66. The monoisotopic (exact) mass is 606 g/mol. The smallest absolute Gasteiger partial charge is 0.165 e. The fourth-order valence-corrected chi connectivity index (χ4v) is 7.85. The van der Waals surface area contributed by atoms with Crippen LogP contribution in [0.1, 0.15) is 50.8 Å². The van der Waals surface area contributed by atoms with E-state index in [9.17, 15) is 5.26 Å². The van der Waals surface area contributed by atoms with Gasteiger partial charge in [-0.2, -0.15) is 5.26 Å². The van der Waals surface area contributed by atoms with E-state index in [0.29, 0.717) is 23.0 Å².